The molecule has 114 valence electrons. The van der Waals surface area contributed by atoms with Crippen molar-refractivity contribution in [2.45, 2.75) is 6.42 Å². The molecule has 1 saturated heterocycles. The Morgan fingerprint density at radius 2 is 1.64 bits per heavy atom. The molecule has 5 heteroatoms. The monoisotopic (exact) mass is 299 g/mol. The molecule has 0 radical (unpaired) electrons. The largest absolute Gasteiger partial charge is 0.497 e. The van der Waals surface area contributed by atoms with Crippen LogP contribution < -0.4 is 14.4 Å². The molecular weight excluding hydrogens is 282 g/mol. The van der Waals surface area contributed by atoms with Gasteiger partial charge in [0.15, 0.2) is 0 Å². The van der Waals surface area contributed by atoms with Gasteiger partial charge in [-0.3, -0.25) is 9.59 Å². The van der Waals surface area contributed by atoms with Crippen molar-refractivity contribution in [1.29, 1.82) is 0 Å². The van der Waals surface area contributed by atoms with Crippen LogP contribution in [-0.2, 0) is 9.59 Å². The second kappa shape index (κ2) is 4.60. The molecule has 2 bridgehead atoms. The summed E-state index contributed by atoms with van der Waals surface area (Å²) in [6.07, 6.45) is 5.10. The van der Waals surface area contributed by atoms with Crippen molar-refractivity contribution in [3.05, 3.63) is 30.4 Å². The highest BCUT2D eigenvalue weighted by molar-refractivity contribution is 6.23. The SMILES string of the molecule is COc1ccc(OC)c(N2C(=O)[C@@H]3[C@H](C2=O)[C@H]2C=C[C@H]3C2)c1. The molecule has 22 heavy (non-hydrogen) atoms. The molecule has 1 saturated carbocycles. The predicted molar refractivity (Wildman–Crippen MR) is 79.8 cm³/mol. The second-order valence-corrected chi connectivity index (χ2v) is 6.05. The Balaban J connectivity index is 1.78. The summed E-state index contributed by atoms with van der Waals surface area (Å²) >= 11 is 0. The highest BCUT2D eigenvalue weighted by atomic mass is 16.5. The van der Waals surface area contributed by atoms with Crippen LogP contribution in [0.4, 0.5) is 5.69 Å². The molecule has 3 aliphatic rings. The molecule has 2 fully saturated rings. The number of ether oxygens (including phenoxy) is 2. The van der Waals surface area contributed by atoms with Crippen LogP contribution in [0.2, 0.25) is 0 Å². The topological polar surface area (TPSA) is 55.8 Å². The molecule has 2 aliphatic carbocycles. The van der Waals surface area contributed by atoms with Crippen LogP contribution in [0.3, 0.4) is 0 Å². The Kier molecular flexibility index (Phi) is 2.79. The van der Waals surface area contributed by atoms with Gasteiger partial charge in [-0.25, -0.2) is 4.90 Å². The van der Waals surface area contributed by atoms with E-state index in [1.54, 1.807) is 25.3 Å². The van der Waals surface area contributed by atoms with E-state index in [4.69, 9.17) is 9.47 Å². The van der Waals surface area contributed by atoms with Gasteiger partial charge in [0.25, 0.3) is 0 Å². The fourth-order valence-electron chi connectivity index (χ4n) is 4.11. The quantitative estimate of drug-likeness (QED) is 0.633. The molecule has 4 atom stereocenters. The van der Waals surface area contributed by atoms with E-state index in [0.29, 0.717) is 17.2 Å². The first-order valence-corrected chi connectivity index (χ1v) is 7.44. The highest BCUT2D eigenvalue weighted by Crippen LogP contribution is 2.54. The Hall–Kier alpha value is -2.30. The van der Waals surface area contributed by atoms with Gasteiger partial charge in [-0.15, -0.1) is 0 Å². The third-order valence-electron chi connectivity index (χ3n) is 5.10. The lowest BCUT2D eigenvalue weighted by molar-refractivity contribution is -0.123. The molecule has 1 aliphatic heterocycles. The summed E-state index contributed by atoms with van der Waals surface area (Å²) in [5.41, 5.74) is 0.477. The first-order chi connectivity index (χ1) is 10.7. The van der Waals surface area contributed by atoms with Crippen LogP contribution in [0, 0.1) is 23.7 Å². The van der Waals surface area contributed by atoms with Gasteiger partial charge in [0.2, 0.25) is 11.8 Å². The summed E-state index contributed by atoms with van der Waals surface area (Å²) in [6, 6.07) is 5.15. The normalized spacial score (nSPS) is 31.8. The number of benzene rings is 1. The van der Waals surface area contributed by atoms with Crippen LogP contribution in [0.1, 0.15) is 6.42 Å². The molecule has 0 N–H and O–H groups in total. The summed E-state index contributed by atoms with van der Waals surface area (Å²) in [5.74, 6) is 0.854. The van der Waals surface area contributed by atoms with Crippen LogP contribution in [0.5, 0.6) is 11.5 Å². The molecule has 1 aromatic carbocycles. The maximum absolute atomic E-state index is 12.8. The lowest BCUT2D eigenvalue weighted by Crippen LogP contribution is -2.33. The number of anilines is 1. The van der Waals surface area contributed by atoms with Gasteiger partial charge >= 0.3 is 0 Å². The zero-order valence-electron chi connectivity index (χ0n) is 12.5. The molecule has 0 unspecified atom stereocenters. The smallest absolute Gasteiger partial charge is 0.238 e. The summed E-state index contributed by atoms with van der Waals surface area (Å²) in [5, 5.41) is 0. The van der Waals surface area contributed by atoms with E-state index >= 15 is 0 Å². The number of hydrogen-bond donors (Lipinski definition) is 0. The van der Waals surface area contributed by atoms with Gasteiger partial charge in [0.05, 0.1) is 31.7 Å². The molecule has 5 nitrogen and oxygen atoms in total. The van der Waals surface area contributed by atoms with Crippen LogP contribution in [0.25, 0.3) is 0 Å². The summed E-state index contributed by atoms with van der Waals surface area (Å²) in [6.45, 7) is 0. The first kappa shape index (κ1) is 13.4. The summed E-state index contributed by atoms with van der Waals surface area (Å²) < 4.78 is 10.5. The van der Waals surface area contributed by atoms with Crippen molar-refractivity contribution in [3.8, 4) is 11.5 Å². The van der Waals surface area contributed by atoms with Gasteiger partial charge in [0, 0.05) is 6.07 Å². The molecule has 1 aromatic rings. The van der Waals surface area contributed by atoms with Crippen molar-refractivity contribution in [2.75, 3.05) is 19.1 Å². The lowest BCUT2D eigenvalue weighted by Gasteiger charge is -2.20. The Bertz CT molecular complexity index is 666. The third-order valence-corrected chi connectivity index (χ3v) is 5.10. The Morgan fingerprint density at radius 1 is 1.00 bits per heavy atom. The zero-order valence-corrected chi connectivity index (χ0v) is 12.5. The van der Waals surface area contributed by atoms with E-state index in [-0.39, 0.29) is 35.5 Å². The number of amides is 2. The van der Waals surface area contributed by atoms with E-state index in [9.17, 15) is 9.59 Å². The summed E-state index contributed by atoms with van der Waals surface area (Å²) in [4.78, 5) is 27.0. The first-order valence-electron chi connectivity index (χ1n) is 7.44. The van der Waals surface area contributed by atoms with Gasteiger partial charge in [-0.1, -0.05) is 12.2 Å². The standard InChI is InChI=1S/C17H17NO4/c1-21-11-5-6-13(22-2)12(8-11)18-16(19)14-9-3-4-10(7-9)15(14)17(18)20/h3-6,8-10,14-15H,7H2,1-2H3/t9-,10-,14-,15+/m0/s1. The van der Waals surface area contributed by atoms with E-state index in [2.05, 4.69) is 12.2 Å². The van der Waals surface area contributed by atoms with Crippen molar-refractivity contribution in [1.82, 2.24) is 0 Å². The fraction of sp³-hybridized carbons (Fsp3) is 0.412. The van der Waals surface area contributed by atoms with Crippen molar-refractivity contribution < 1.29 is 19.1 Å². The lowest BCUT2D eigenvalue weighted by atomic mass is 9.85. The minimum Gasteiger partial charge on any atom is -0.497 e. The Labute approximate surface area is 128 Å². The Morgan fingerprint density at radius 3 is 2.18 bits per heavy atom. The van der Waals surface area contributed by atoms with Crippen molar-refractivity contribution >= 4 is 17.5 Å². The number of nitrogens with zero attached hydrogens (tertiary/aromatic N) is 1. The van der Waals surface area contributed by atoms with Gasteiger partial charge in [-0.2, -0.15) is 0 Å². The molecule has 4 rings (SSSR count). The van der Waals surface area contributed by atoms with Gasteiger partial charge < -0.3 is 9.47 Å². The maximum Gasteiger partial charge on any atom is 0.238 e. The highest BCUT2D eigenvalue weighted by Gasteiger charge is 2.59. The molecule has 0 aromatic heterocycles. The number of rotatable bonds is 3. The van der Waals surface area contributed by atoms with Crippen molar-refractivity contribution in [2.24, 2.45) is 23.7 Å². The van der Waals surface area contributed by atoms with E-state index < -0.39 is 0 Å². The number of carbonyl (C=O) groups is 2. The minimum absolute atomic E-state index is 0.113. The molecule has 1 heterocycles. The average Bonchev–Trinajstić information content (AvgIpc) is 3.21. The number of fused-ring (bicyclic) bond motifs is 5. The van der Waals surface area contributed by atoms with Crippen LogP contribution >= 0.6 is 0 Å². The predicted octanol–water partition coefficient (Wildman–Crippen LogP) is 2.02. The number of imide groups is 1. The van der Waals surface area contributed by atoms with Gasteiger partial charge in [-0.05, 0) is 30.4 Å². The second-order valence-electron chi connectivity index (χ2n) is 6.05. The maximum atomic E-state index is 12.8. The van der Waals surface area contributed by atoms with Crippen LogP contribution in [-0.4, -0.2) is 26.0 Å². The fourth-order valence-corrected chi connectivity index (χ4v) is 4.11. The van der Waals surface area contributed by atoms with E-state index in [1.165, 1.54) is 12.0 Å². The zero-order chi connectivity index (χ0) is 15.4. The van der Waals surface area contributed by atoms with E-state index in [1.807, 2.05) is 0 Å². The summed E-state index contributed by atoms with van der Waals surface area (Å²) in [7, 11) is 3.08. The van der Waals surface area contributed by atoms with Gasteiger partial charge in [0.1, 0.15) is 11.5 Å². The van der Waals surface area contributed by atoms with Crippen molar-refractivity contribution in [3.63, 3.8) is 0 Å². The third kappa shape index (κ3) is 1.59. The molecule has 2 amide bonds. The number of allylic oxidation sites excluding steroid dienone is 2. The molecular formula is C17H17NO4. The number of carbonyl (C=O) groups excluding carboxylic acids is 2. The average molecular weight is 299 g/mol. The van der Waals surface area contributed by atoms with E-state index in [0.717, 1.165) is 6.42 Å². The number of methoxy groups -OCH3 is 2. The number of hydrogen-bond acceptors (Lipinski definition) is 4. The van der Waals surface area contributed by atoms with Crippen LogP contribution in [0.15, 0.2) is 30.4 Å². The molecule has 0 spiro atoms. The minimum atomic E-state index is -0.210.